The fraction of sp³-hybridized carbons (Fsp3) is 0.571. The van der Waals surface area contributed by atoms with E-state index in [4.69, 9.17) is 9.47 Å². The monoisotopic (exact) mass is 456 g/mol. The van der Waals surface area contributed by atoms with E-state index in [9.17, 15) is 0 Å². The van der Waals surface area contributed by atoms with E-state index in [1.165, 1.54) is 5.56 Å². The molecule has 0 bridgehead atoms. The summed E-state index contributed by atoms with van der Waals surface area (Å²) < 4.78 is 11.3. The lowest BCUT2D eigenvalue weighted by atomic mass is 9.98. The van der Waals surface area contributed by atoms with Gasteiger partial charge < -0.3 is 9.47 Å². The van der Waals surface area contributed by atoms with Crippen molar-refractivity contribution in [3.8, 4) is 0 Å². The second-order valence-corrected chi connectivity index (χ2v) is 6.17. The molecule has 0 amide bonds. The van der Waals surface area contributed by atoms with Crippen LogP contribution < -0.4 is 0 Å². The number of rotatable bonds is 10. The lowest BCUT2D eigenvalue weighted by molar-refractivity contribution is 0.0181. The van der Waals surface area contributed by atoms with Crippen molar-refractivity contribution in [1.82, 2.24) is 0 Å². The standard InChI is InChI=1S/C14H19Br3O2/c15-9-14(10-16,11-17)12-19-7-6-18-8-13-4-2-1-3-5-13/h1-5H,6-12H2. The molecule has 0 radical (unpaired) electrons. The first-order valence-electron chi connectivity index (χ1n) is 6.13. The van der Waals surface area contributed by atoms with E-state index in [1.807, 2.05) is 18.2 Å². The summed E-state index contributed by atoms with van der Waals surface area (Å²) in [4.78, 5) is 0. The average Bonchev–Trinajstić information content (AvgIpc) is 2.48. The molecule has 0 atom stereocenters. The van der Waals surface area contributed by atoms with Crippen LogP contribution in [0, 0.1) is 5.41 Å². The molecule has 0 saturated carbocycles. The summed E-state index contributed by atoms with van der Waals surface area (Å²) in [6.07, 6.45) is 0. The Morgan fingerprint density at radius 2 is 1.42 bits per heavy atom. The topological polar surface area (TPSA) is 18.5 Å². The van der Waals surface area contributed by atoms with Gasteiger partial charge in [0.25, 0.3) is 0 Å². The molecule has 0 aliphatic carbocycles. The zero-order valence-corrected chi connectivity index (χ0v) is 15.5. The molecule has 0 unspecified atom stereocenters. The molecular formula is C14H19Br3O2. The van der Waals surface area contributed by atoms with Crippen molar-refractivity contribution in [2.75, 3.05) is 35.8 Å². The maximum atomic E-state index is 5.69. The zero-order valence-electron chi connectivity index (χ0n) is 10.8. The summed E-state index contributed by atoms with van der Waals surface area (Å²) >= 11 is 10.6. The first-order chi connectivity index (χ1) is 9.26. The SMILES string of the molecule is BrCC(CBr)(CBr)COCCOCc1ccccc1. The molecule has 0 aliphatic heterocycles. The number of benzene rings is 1. The van der Waals surface area contributed by atoms with Crippen molar-refractivity contribution in [2.45, 2.75) is 6.61 Å². The van der Waals surface area contributed by atoms with Gasteiger partial charge in [-0.1, -0.05) is 78.1 Å². The predicted octanol–water partition coefficient (Wildman–Crippen LogP) is 4.39. The first-order valence-corrected chi connectivity index (χ1v) is 9.50. The van der Waals surface area contributed by atoms with Crippen LogP contribution in [0.25, 0.3) is 0 Å². The van der Waals surface area contributed by atoms with E-state index in [0.29, 0.717) is 26.4 Å². The number of ether oxygens (including phenoxy) is 2. The van der Waals surface area contributed by atoms with E-state index in [-0.39, 0.29) is 5.41 Å². The van der Waals surface area contributed by atoms with E-state index in [0.717, 1.165) is 16.0 Å². The summed E-state index contributed by atoms with van der Waals surface area (Å²) in [6, 6.07) is 10.2. The molecular weight excluding hydrogens is 440 g/mol. The fourth-order valence-electron chi connectivity index (χ4n) is 1.39. The van der Waals surface area contributed by atoms with Crippen LogP contribution in [-0.4, -0.2) is 35.8 Å². The minimum absolute atomic E-state index is 0.111. The van der Waals surface area contributed by atoms with Crippen LogP contribution in [0.1, 0.15) is 5.56 Å². The maximum Gasteiger partial charge on any atom is 0.0718 e. The molecule has 108 valence electrons. The van der Waals surface area contributed by atoms with Gasteiger partial charge in [-0.3, -0.25) is 0 Å². The molecule has 0 aromatic heterocycles. The molecule has 1 rings (SSSR count). The van der Waals surface area contributed by atoms with E-state index < -0.39 is 0 Å². The Kier molecular flexibility index (Phi) is 9.58. The fourth-order valence-corrected chi connectivity index (χ4v) is 4.66. The Bertz CT molecular complexity index is 320. The summed E-state index contributed by atoms with van der Waals surface area (Å²) in [5.41, 5.74) is 1.30. The normalized spacial score (nSPS) is 11.7. The molecule has 0 aliphatic rings. The third-order valence-corrected chi connectivity index (χ3v) is 6.31. The van der Waals surface area contributed by atoms with Crippen LogP contribution >= 0.6 is 47.8 Å². The van der Waals surface area contributed by atoms with Crippen LogP contribution in [0.5, 0.6) is 0 Å². The molecule has 2 nitrogen and oxygen atoms in total. The van der Waals surface area contributed by atoms with Crippen molar-refractivity contribution in [3.05, 3.63) is 35.9 Å². The summed E-state index contributed by atoms with van der Waals surface area (Å²) in [5, 5.41) is 2.71. The van der Waals surface area contributed by atoms with Crippen LogP contribution in [0.3, 0.4) is 0 Å². The maximum absolute atomic E-state index is 5.69. The van der Waals surface area contributed by atoms with Crippen LogP contribution in [0.4, 0.5) is 0 Å². The molecule has 0 fully saturated rings. The van der Waals surface area contributed by atoms with Crippen molar-refractivity contribution in [2.24, 2.45) is 5.41 Å². The number of halogens is 3. The van der Waals surface area contributed by atoms with E-state index >= 15 is 0 Å². The quantitative estimate of drug-likeness (QED) is 0.382. The average molecular weight is 459 g/mol. The molecule has 19 heavy (non-hydrogen) atoms. The molecule has 5 heteroatoms. The van der Waals surface area contributed by atoms with Gasteiger partial charge in [0.1, 0.15) is 0 Å². The second kappa shape index (κ2) is 10.3. The summed E-state index contributed by atoms with van der Waals surface area (Å²) in [5.74, 6) is 0. The van der Waals surface area contributed by atoms with Gasteiger partial charge in [-0.05, 0) is 5.56 Å². The molecule has 0 heterocycles. The smallest absolute Gasteiger partial charge is 0.0718 e. The molecule has 1 aromatic carbocycles. The van der Waals surface area contributed by atoms with Crippen molar-refractivity contribution in [3.63, 3.8) is 0 Å². The molecule has 0 saturated heterocycles. The highest BCUT2D eigenvalue weighted by Gasteiger charge is 2.26. The second-order valence-electron chi connectivity index (χ2n) is 4.49. The Morgan fingerprint density at radius 1 is 0.842 bits per heavy atom. The molecule has 0 N–H and O–H groups in total. The van der Waals surface area contributed by atoms with Gasteiger partial charge in [-0.25, -0.2) is 0 Å². The minimum atomic E-state index is 0.111. The summed E-state index contributed by atoms with van der Waals surface area (Å²) in [6.45, 7) is 2.60. The van der Waals surface area contributed by atoms with Gasteiger partial charge in [0.05, 0.1) is 26.4 Å². The third-order valence-electron chi connectivity index (χ3n) is 2.74. The highest BCUT2D eigenvalue weighted by molar-refractivity contribution is 9.10. The minimum Gasteiger partial charge on any atom is -0.378 e. The zero-order chi connectivity index (χ0) is 14.0. The van der Waals surface area contributed by atoms with Crippen molar-refractivity contribution < 1.29 is 9.47 Å². The Hall–Kier alpha value is 0.580. The predicted molar refractivity (Wildman–Crippen MR) is 90.7 cm³/mol. The summed E-state index contributed by atoms with van der Waals surface area (Å²) in [7, 11) is 0. The third kappa shape index (κ3) is 6.71. The molecule has 0 spiro atoms. The van der Waals surface area contributed by atoms with Crippen LogP contribution in [0.2, 0.25) is 0 Å². The highest BCUT2D eigenvalue weighted by Crippen LogP contribution is 2.26. The number of hydrogen-bond donors (Lipinski definition) is 0. The Labute approximate surface area is 140 Å². The van der Waals surface area contributed by atoms with Crippen LogP contribution in [-0.2, 0) is 16.1 Å². The van der Waals surface area contributed by atoms with Crippen molar-refractivity contribution in [1.29, 1.82) is 0 Å². The van der Waals surface area contributed by atoms with Gasteiger partial charge in [-0.15, -0.1) is 0 Å². The lowest BCUT2D eigenvalue weighted by Crippen LogP contribution is -2.33. The van der Waals surface area contributed by atoms with Gasteiger partial charge in [0.15, 0.2) is 0 Å². The Morgan fingerprint density at radius 3 is 2.00 bits per heavy atom. The molecule has 1 aromatic rings. The highest BCUT2D eigenvalue weighted by atomic mass is 79.9. The Balaban J connectivity index is 2.11. The largest absolute Gasteiger partial charge is 0.378 e. The van der Waals surface area contributed by atoms with Crippen LogP contribution in [0.15, 0.2) is 30.3 Å². The number of alkyl halides is 3. The van der Waals surface area contributed by atoms with Crippen molar-refractivity contribution >= 4 is 47.8 Å². The van der Waals surface area contributed by atoms with Gasteiger partial charge >= 0.3 is 0 Å². The van der Waals surface area contributed by atoms with E-state index in [1.54, 1.807) is 0 Å². The van der Waals surface area contributed by atoms with Gasteiger partial charge in [0.2, 0.25) is 0 Å². The first kappa shape index (κ1) is 17.6. The van der Waals surface area contributed by atoms with Gasteiger partial charge in [-0.2, -0.15) is 0 Å². The number of hydrogen-bond acceptors (Lipinski definition) is 2. The van der Waals surface area contributed by atoms with Gasteiger partial charge in [0, 0.05) is 21.4 Å². The lowest BCUT2D eigenvalue weighted by Gasteiger charge is -2.27. The van der Waals surface area contributed by atoms with E-state index in [2.05, 4.69) is 59.9 Å².